The van der Waals surface area contributed by atoms with Crippen molar-refractivity contribution in [2.75, 3.05) is 6.54 Å². The minimum Gasteiger partial charge on any atom is -0.297 e. The summed E-state index contributed by atoms with van der Waals surface area (Å²) < 4.78 is 0. The second kappa shape index (κ2) is 2.78. The standard InChI is InChI=1S/C10H19N/c1-8(2)10-6-5-9-4-3-7-11(9)10/h8-10H,3-7H2,1-2H3/t9-,10-/m0/s1. The van der Waals surface area contributed by atoms with Gasteiger partial charge in [-0.2, -0.15) is 0 Å². The third kappa shape index (κ3) is 1.20. The van der Waals surface area contributed by atoms with Gasteiger partial charge in [0.15, 0.2) is 0 Å². The lowest BCUT2D eigenvalue weighted by Crippen LogP contribution is -2.34. The van der Waals surface area contributed by atoms with E-state index in [0.29, 0.717) is 0 Å². The summed E-state index contributed by atoms with van der Waals surface area (Å²) in [6.07, 6.45) is 5.86. The first-order valence-corrected chi connectivity index (χ1v) is 5.05. The fraction of sp³-hybridized carbons (Fsp3) is 1.00. The van der Waals surface area contributed by atoms with E-state index in [0.717, 1.165) is 18.0 Å². The molecule has 0 unspecified atom stereocenters. The van der Waals surface area contributed by atoms with Crippen LogP contribution >= 0.6 is 0 Å². The SMILES string of the molecule is CC(C)[C@@H]1CC[C@@H]2CCCN21. The zero-order valence-corrected chi connectivity index (χ0v) is 7.71. The Morgan fingerprint density at radius 1 is 1.18 bits per heavy atom. The highest BCUT2D eigenvalue weighted by molar-refractivity contribution is 4.92. The number of rotatable bonds is 1. The van der Waals surface area contributed by atoms with Gasteiger partial charge in [0.25, 0.3) is 0 Å². The second-order valence-corrected chi connectivity index (χ2v) is 4.42. The quantitative estimate of drug-likeness (QED) is 0.558. The van der Waals surface area contributed by atoms with Crippen LogP contribution in [0.25, 0.3) is 0 Å². The Morgan fingerprint density at radius 3 is 2.73 bits per heavy atom. The van der Waals surface area contributed by atoms with Crippen molar-refractivity contribution >= 4 is 0 Å². The van der Waals surface area contributed by atoms with Crippen LogP contribution in [0.2, 0.25) is 0 Å². The maximum absolute atomic E-state index is 2.75. The molecule has 0 aliphatic carbocycles. The average Bonchev–Trinajstić information content (AvgIpc) is 2.41. The van der Waals surface area contributed by atoms with Crippen molar-refractivity contribution < 1.29 is 0 Å². The van der Waals surface area contributed by atoms with Gasteiger partial charge in [-0.1, -0.05) is 13.8 Å². The average molecular weight is 153 g/mol. The van der Waals surface area contributed by atoms with Gasteiger partial charge < -0.3 is 0 Å². The van der Waals surface area contributed by atoms with Gasteiger partial charge in [-0.25, -0.2) is 0 Å². The summed E-state index contributed by atoms with van der Waals surface area (Å²) in [6.45, 7) is 6.12. The maximum atomic E-state index is 2.75. The summed E-state index contributed by atoms with van der Waals surface area (Å²) in [4.78, 5) is 2.75. The molecule has 2 fully saturated rings. The first kappa shape index (κ1) is 7.60. The number of fused-ring (bicyclic) bond motifs is 1. The molecule has 1 nitrogen and oxygen atoms in total. The zero-order chi connectivity index (χ0) is 7.84. The van der Waals surface area contributed by atoms with Crippen molar-refractivity contribution in [2.45, 2.75) is 51.6 Å². The number of hydrogen-bond acceptors (Lipinski definition) is 1. The first-order valence-electron chi connectivity index (χ1n) is 5.05. The van der Waals surface area contributed by atoms with Gasteiger partial charge in [-0.15, -0.1) is 0 Å². The molecule has 0 aromatic heterocycles. The summed E-state index contributed by atoms with van der Waals surface area (Å²) in [6, 6.07) is 1.89. The highest BCUT2D eigenvalue weighted by Crippen LogP contribution is 2.35. The minimum absolute atomic E-state index is 0.873. The molecule has 0 bridgehead atoms. The van der Waals surface area contributed by atoms with Gasteiger partial charge in [-0.3, -0.25) is 4.90 Å². The zero-order valence-electron chi connectivity index (χ0n) is 7.71. The maximum Gasteiger partial charge on any atom is 0.0122 e. The van der Waals surface area contributed by atoms with Gasteiger partial charge in [0, 0.05) is 12.1 Å². The van der Waals surface area contributed by atoms with E-state index < -0.39 is 0 Å². The van der Waals surface area contributed by atoms with Crippen molar-refractivity contribution in [1.82, 2.24) is 4.90 Å². The Hall–Kier alpha value is -0.0400. The Balaban J connectivity index is 2.03. The van der Waals surface area contributed by atoms with E-state index >= 15 is 0 Å². The van der Waals surface area contributed by atoms with Crippen LogP contribution in [0.3, 0.4) is 0 Å². The molecule has 2 heterocycles. The van der Waals surface area contributed by atoms with Crippen molar-refractivity contribution in [1.29, 1.82) is 0 Å². The van der Waals surface area contributed by atoms with Gasteiger partial charge in [0.2, 0.25) is 0 Å². The molecule has 2 aliphatic rings. The Kier molecular flexibility index (Phi) is 1.92. The fourth-order valence-corrected chi connectivity index (χ4v) is 2.85. The van der Waals surface area contributed by atoms with E-state index in [9.17, 15) is 0 Å². The summed E-state index contributed by atoms with van der Waals surface area (Å²) in [7, 11) is 0. The van der Waals surface area contributed by atoms with Crippen LogP contribution in [0.5, 0.6) is 0 Å². The predicted octanol–water partition coefficient (Wildman–Crippen LogP) is 2.27. The van der Waals surface area contributed by atoms with E-state index in [2.05, 4.69) is 18.7 Å². The lowest BCUT2D eigenvalue weighted by molar-refractivity contribution is 0.201. The third-order valence-electron chi connectivity index (χ3n) is 3.41. The molecule has 0 aromatic carbocycles. The molecular formula is C10H19N. The van der Waals surface area contributed by atoms with Crippen molar-refractivity contribution in [3.63, 3.8) is 0 Å². The molecule has 64 valence electrons. The number of nitrogens with zero attached hydrogens (tertiary/aromatic N) is 1. The van der Waals surface area contributed by atoms with E-state index in [4.69, 9.17) is 0 Å². The van der Waals surface area contributed by atoms with E-state index in [1.807, 2.05) is 0 Å². The van der Waals surface area contributed by atoms with Crippen LogP contribution in [0.1, 0.15) is 39.5 Å². The summed E-state index contributed by atoms with van der Waals surface area (Å²) >= 11 is 0. The van der Waals surface area contributed by atoms with E-state index in [-0.39, 0.29) is 0 Å². The molecule has 2 atom stereocenters. The molecule has 2 saturated heterocycles. The van der Waals surface area contributed by atoms with Crippen LogP contribution in [-0.4, -0.2) is 23.5 Å². The predicted molar refractivity (Wildman–Crippen MR) is 47.6 cm³/mol. The summed E-state index contributed by atoms with van der Waals surface area (Å²) in [5, 5.41) is 0. The molecule has 0 amide bonds. The monoisotopic (exact) mass is 153 g/mol. The number of hydrogen-bond donors (Lipinski definition) is 0. The van der Waals surface area contributed by atoms with Crippen LogP contribution in [0.4, 0.5) is 0 Å². The smallest absolute Gasteiger partial charge is 0.0122 e. The topological polar surface area (TPSA) is 3.24 Å². The first-order chi connectivity index (χ1) is 5.29. The molecule has 2 aliphatic heterocycles. The van der Waals surface area contributed by atoms with Gasteiger partial charge in [0.05, 0.1) is 0 Å². The normalized spacial score (nSPS) is 38.5. The molecular weight excluding hydrogens is 134 g/mol. The van der Waals surface area contributed by atoms with E-state index in [1.165, 1.54) is 32.2 Å². The molecule has 0 spiro atoms. The Labute approximate surface area is 69.8 Å². The third-order valence-corrected chi connectivity index (χ3v) is 3.41. The van der Waals surface area contributed by atoms with Crippen LogP contribution in [0, 0.1) is 5.92 Å². The minimum atomic E-state index is 0.873. The fourth-order valence-electron chi connectivity index (χ4n) is 2.85. The van der Waals surface area contributed by atoms with Crippen molar-refractivity contribution in [3.05, 3.63) is 0 Å². The molecule has 0 saturated carbocycles. The van der Waals surface area contributed by atoms with Crippen molar-refractivity contribution in [2.24, 2.45) is 5.92 Å². The molecule has 2 rings (SSSR count). The van der Waals surface area contributed by atoms with Crippen LogP contribution in [-0.2, 0) is 0 Å². The highest BCUT2D eigenvalue weighted by Gasteiger charge is 2.37. The lowest BCUT2D eigenvalue weighted by atomic mass is 10.0. The van der Waals surface area contributed by atoms with Crippen LogP contribution in [0.15, 0.2) is 0 Å². The van der Waals surface area contributed by atoms with Gasteiger partial charge in [0.1, 0.15) is 0 Å². The second-order valence-electron chi connectivity index (χ2n) is 4.42. The molecule has 0 N–H and O–H groups in total. The van der Waals surface area contributed by atoms with Crippen LogP contribution < -0.4 is 0 Å². The lowest BCUT2D eigenvalue weighted by Gasteiger charge is -2.26. The summed E-state index contributed by atoms with van der Waals surface area (Å²) in [5.74, 6) is 0.873. The molecule has 11 heavy (non-hydrogen) atoms. The molecule has 0 radical (unpaired) electrons. The highest BCUT2D eigenvalue weighted by atomic mass is 15.2. The van der Waals surface area contributed by atoms with E-state index in [1.54, 1.807) is 0 Å². The Morgan fingerprint density at radius 2 is 2.00 bits per heavy atom. The summed E-state index contributed by atoms with van der Waals surface area (Å²) in [5.41, 5.74) is 0. The largest absolute Gasteiger partial charge is 0.297 e. The van der Waals surface area contributed by atoms with Gasteiger partial charge in [-0.05, 0) is 38.1 Å². The Bertz CT molecular complexity index is 142. The molecule has 0 aromatic rings. The van der Waals surface area contributed by atoms with Gasteiger partial charge >= 0.3 is 0 Å². The molecule has 1 heteroatoms. The van der Waals surface area contributed by atoms with Crippen molar-refractivity contribution in [3.8, 4) is 0 Å².